The second kappa shape index (κ2) is 8.86. The van der Waals surface area contributed by atoms with E-state index in [1.807, 2.05) is 0 Å². The Balaban J connectivity index is 1.69. The monoisotopic (exact) mass is 512 g/mol. The van der Waals surface area contributed by atoms with E-state index >= 15 is 0 Å². The van der Waals surface area contributed by atoms with E-state index in [2.05, 4.69) is 14.7 Å². The molecule has 5 rings (SSSR count). The Morgan fingerprint density at radius 3 is 2.61 bits per heavy atom. The predicted octanol–water partition coefficient (Wildman–Crippen LogP) is 4.03. The fraction of sp³-hybridized carbons (Fsp3) is 0.208. The fourth-order valence-electron chi connectivity index (χ4n) is 4.04. The highest BCUT2D eigenvalue weighted by Crippen LogP contribution is 2.32. The molecular formula is C24H22F2N6O3S. The second-order valence-electron chi connectivity index (χ2n) is 8.37. The molecule has 0 aliphatic rings. The number of nitrogens with zero attached hydrogens (tertiary/aromatic N) is 4. The van der Waals surface area contributed by atoms with Crippen molar-refractivity contribution in [3.63, 3.8) is 0 Å². The average molecular weight is 513 g/mol. The summed E-state index contributed by atoms with van der Waals surface area (Å²) in [4.78, 5) is 24.6. The van der Waals surface area contributed by atoms with E-state index in [0.29, 0.717) is 33.3 Å². The van der Waals surface area contributed by atoms with Gasteiger partial charge in [-0.2, -0.15) is 0 Å². The molecule has 1 aromatic carbocycles. The van der Waals surface area contributed by atoms with Crippen LogP contribution >= 0.6 is 0 Å². The Morgan fingerprint density at radius 2 is 1.92 bits per heavy atom. The number of benzene rings is 1. The fourth-order valence-corrected chi connectivity index (χ4v) is 4.68. The zero-order chi connectivity index (χ0) is 25.6. The number of aryl methyl sites for hydroxylation is 1. The molecule has 2 N–H and O–H groups in total. The van der Waals surface area contributed by atoms with Gasteiger partial charge in [0.1, 0.15) is 11.0 Å². The molecule has 0 unspecified atom stereocenters. The number of imidazole rings is 1. The molecule has 0 fully saturated rings. The summed E-state index contributed by atoms with van der Waals surface area (Å²) in [6.07, 6.45) is 2.27. The highest BCUT2D eigenvalue weighted by Gasteiger charge is 2.19. The van der Waals surface area contributed by atoms with Gasteiger partial charge in [-0.15, -0.1) is 0 Å². The number of rotatable bonds is 7. The van der Waals surface area contributed by atoms with Crippen LogP contribution in [0.25, 0.3) is 33.3 Å². The van der Waals surface area contributed by atoms with E-state index in [0.717, 1.165) is 5.56 Å². The molecule has 0 saturated carbocycles. The number of nitrogens with one attached hydrogen (secondary N) is 2. The summed E-state index contributed by atoms with van der Waals surface area (Å²) in [5.74, 6) is -0.134. The number of aromatic amines is 1. The van der Waals surface area contributed by atoms with Crippen molar-refractivity contribution in [1.82, 2.24) is 24.1 Å². The lowest BCUT2D eigenvalue weighted by Gasteiger charge is -2.12. The van der Waals surface area contributed by atoms with Crippen molar-refractivity contribution in [3.8, 4) is 11.3 Å². The lowest BCUT2D eigenvalue weighted by atomic mass is 10.1. The second-order valence-corrected chi connectivity index (χ2v) is 10.4. The SMILES string of the molecule is CCS(=O)(=O)Nc1cc(-c2cn(C)c(=O)c3[nH]ccc23)nc2c1ncn2Cc1ccc(C(F)F)cc1. The molecule has 9 nitrogen and oxygen atoms in total. The minimum absolute atomic E-state index is 0.0730. The predicted molar refractivity (Wildman–Crippen MR) is 134 cm³/mol. The summed E-state index contributed by atoms with van der Waals surface area (Å²) in [7, 11) is -2.01. The lowest BCUT2D eigenvalue weighted by molar-refractivity contribution is 0.151. The zero-order valence-corrected chi connectivity index (χ0v) is 20.2. The molecule has 12 heteroatoms. The zero-order valence-electron chi connectivity index (χ0n) is 19.4. The maximum Gasteiger partial charge on any atom is 0.274 e. The van der Waals surface area contributed by atoms with Crippen LogP contribution in [-0.4, -0.2) is 38.3 Å². The summed E-state index contributed by atoms with van der Waals surface area (Å²) in [5.41, 5.74) is 2.93. The average Bonchev–Trinajstić information content (AvgIpc) is 3.50. The molecule has 186 valence electrons. The normalized spacial score (nSPS) is 12.1. The molecular weight excluding hydrogens is 490 g/mol. The highest BCUT2D eigenvalue weighted by molar-refractivity contribution is 7.92. The van der Waals surface area contributed by atoms with Gasteiger partial charge in [-0.1, -0.05) is 24.3 Å². The van der Waals surface area contributed by atoms with Crippen LogP contribution in [-0.2, 0) is 23.6 Å². The minimum Gasteiger partial charge on any atom is -0.357 e. The first kappa shape index (κ1) is 23.7. The molecule has 0 amide bonds. The van der Waals surface area contributed by atoms with E-state index in [1.54, 1.807) is 48.3 Å². The highest BCUT2D eigenvalue weighted by atomic mass is 32.2. The van der Waals surface area contributed by atoms with Gasteiger partial charge in [0, 0.05) is 36.0 Å². The van der Waals surface area contributed by atoms with Gasteiger partial charge in [-0.05, 0) is 24.6 Å². The Morgan fingerprint density at radius 1 is 1.17 bits per heavy atom. The van der Waals surface area contributed by atoms with Crippen LogP contribution in [0.2, 0.25) is 0 Å². The number of pyridine rings is 2. The number of hydrogen-bond acceptors (Lipinski definition) is 5. The van der Waals surface area contributed by atoms with Crippen molar-refractivity contribution in [3.05, 3.63) is 76.6 Å². The van der Waals surface area contributed by atoms with Crippen LogP contribution in [0.5, 0.6) is 0 Å². The molecule has 0 saturated heterocycles. The summed E-state index contributed by atoms with van der Waals surface area (Å²) < 4.78 is 56.5. The van der Waals surface area contributed by atoms with E-state index < -0.39 is 16.4 Å². The van der Waals surface area contributed by atoms with Gasteiger partial charge in [0.15, 0.2) is 5.65 Å². The third kappa shape index (κ3) is 4.24. The number of anilines is 1. The number of aromatic nitrogens is 5. The number of H-pyrrole nitrogens is 1. The Kier molecular flexibility index (Phi) is 5.83. The maximum absolute atomic E-state index is 12.9. The van der Waals surface area contributed by atoms with Gasteiger partial charge in [0.05, 0.1) is 30.0 Å². The summed E-state index contributed by atoms with van der Waals surface area (Å²) in [5, 5.41) is 0.642. The third-order valence-electron chi connectivity index (χ3n) is 5.97. The van der Waals surface area contributed by atoms with Crippen LogP contribution in [0.3, 0.4) is 0 Å². The van der Waals surface area contributed by atoms with Crippen LogP contribution in [0, 0.1) is 0 Å². The molecule has 36 heavy (non-hydrogen) atoms. The molecule has 0 radical (unpaired) electrons. The number of alkyl halides is 2. The standard InChI is InChI=1S/C24H22F2N6O3S/c1-3-36(34,35)30-19-10-18(17-12-31(2)24(33)20-16(17)8-9-27-20)29-23-21(19)28-13-32(23)11-14-4-6-15(7-5-14)22(25)26/h4-10,12-13,22,27H,3,11H2,1-2H3,(H,29,30). The summed E-state index contributed by atoms with van der Waals surface area (Å²) in [6.45, 7) is 1.81. The molecule has 5 aromatic rings. The maximum atomic E-state index is 12.9. The van der Waals surface area contributed by atoms with Crippen molar-refractivity contribution in [1.29, 1.82) is 0 Å². The summed E-state index contributed by atoms with van der Waals surface area (Å²) in [6, 6.07) is 9.30. The number of fused-ring (bicyclic) bond motifs is 2. The molecule has 0 spiro atoms. The van der Waals surface area contributed by atoms with E-state index in [4.69, 9.17) is 4.98 Å². The van der Waals surface area contributed by atoms with Gasteiger partial charge >= 0.3 is 0 Å². The number of hydrogen-bond donors (Lipinski definition) is 2. The smallest absolute Gasteiger partial charge is 0.274 e. The topological polar surface area (TPSA) is 115 Å². The third-order valence-corrected chi connectivity index (χ3v) is 7.26. The van der Waals surface area contributed by atoms with Gasteiger partial charge < -0.3 is 14.1 Å². The first-order chi connectivity index (χ1) is 17.2. The Labute approximate surface area is 204 Å². The van der Waals surface area contributed by atoms with Crippen molar-refractivity contribution in [2.24, 2.45) is 7.05 Å². The molecule has 0 aliphatic heterocycles. The summed E-state index contributed by atoms with van der Waals surface area (Å²) >= 11 is 0. The van der Waals surface area contributed by atoms with Gasteiger partial charge in [-0.3, -0.25) is 9.52 Å². The van der Waals surface area contributed by atoms with Crippen LogP contribution in [0.4, 0.5) is 14.5 Å². The molecule has 0 aliphatic carbocycles. The largest absolute Gasteiger partial charge is 0.357 e. The first-order valence-electron chi connectivity index (χ1n) is 11.1. The van der Waals surface area contributed by atoms with Gasteiger partial charge in [0.25, 0.3) is 12.0 Å². The van der Waals surface area contributed by atoms with Crippen molar-refractivity contribution >= 4 is 37.8 Å². The van der Waals surface area contributed by atoms with Crippen molar-refractivity contribution < 1.29 is 17.2 Å². The van der Waals surface area contributed by atoms with Gasteiger partial charge in [-0.25, -0.2) is 27.2 Å². The Bertz CT molecular complexity index is 1750. The van der Waals surface area contributed by atoms with Gasteiger partial charge in [0.2, 0.25) is 10.0 Å². The van der Waals surface area contributed by atoms with Crippen molar-refractivity contribution in [2.75, 3.05) is 10.5 Å². The van der Waals surface area contributed by atoms with E-state index in [-0.39, 0.29) is 29.1 Å². The van der Waals surface area contributed by atoms with Crippen molar-refractivity contribution in [2.45, 2.75) is 19.9 Å². The molecule has 0 atom stereocenters. The number of halogens is 2. The minimum atomic E-state index is -3.63. The Hall–Kier alpha value is -4.06. The first-order valence-corrected chi connectivity index (χ1v) is 12.7. The van der Waals surface area contributed by atoms with E-state index in [9.17, 15) is 22.0 Å². The van der Waals surface area contributed by atoms with Crippen LogP contribution < -0.4 is 10.3 Å². The van der Waals surface area contributed by atoms with E-state index in [1.165, 1.54) is 30.0 Å². The molecule has 0 bridgehead atoms. The van der Waals surface area contributed by atoms with Crippen LogP contribution in [0.1, 0.15) is 24.5 Å². The molecule has 4 aromatic heterocycles. The quantitative estimate of drug-likeness (QED) is 0.342. The number of sulfonamides is 1. The van der Waals surface area contributed by atoms with Crippen LogP contribution in [0.15, 0.2) is 59.9 Å². The molecule has 4 heterocycles. The lowest BCUT2D eigenvalue weighted by Crippen LogP contribution is -2.17.